The highest BCUT2D eigenvalue weighted by molar-refractivity contribution is 7.13. The number of fused-ring (bicyclic) bond motifs is 1. The van der Waals surface area contributed by atoms with Gasteiger partial charge in [0.25, 0.3) is 0 Å². The minimum atomic E-state index is -0.493. The van der Waals surface area contributed by atoms with Gasteiger partial charge < -0.3 is 4.42 Å². The van der Waals surface area contributed by atoms with Crippen LogP contribution in [0.2, 0.25) is 10.0 Å². The molecule has 0 unspecified atom stereocenters. The minimum absolute atomic E-state index is 0.270. The number of rotatable bonds is 1. The van der Waals surface area contributed by atoms with E-state index in [-0.39, 0.29) is 11.3 Å². The van der Waals surface area contributed by atoms with Crippen LogP contribution < -0.4 is 5.63 Å². The Morgan fingerprint density at radius 1 is 1.28 bits per heavy atom. The number of aromatic nitrogens is 1. The predicted molar refractivity (Wildman–Crippen MR) is 73.6 cm³/mol. The minimum Gasteiger partial charge on any atom is -0.402 e. The smallest absolute Gasteiger partial charge is 0.347 e. The van der Waals surface area contributed by atoms with Gasteiger partial charge in [0.15, 0.2) is 0 Å². The first-order valence-electron chi connectivity index (χ1n) is 4.99. The fraction of sp³-hybridized carbons (Fsp3) is 0. The molecule has 3 nitrogen and oxygen atoms in total. The molecule has 0 spiro atoms. The molecule has 0 fully saturated rings. The lowest BCUT2D eigenvalue weighted by Gasteiger charge is -2.01. The van der Waals surface area contributed by atoms with Crippen LogP contribution in [0.15, 0.2) is 38.9 Å². The van der Waals surface area contributed by atoms with Crippen LogP contribution in [0.3, 0.4) is 0 Å². The third-order valence-electron chi connectivity index (χ3n) is 2.38. The summed E-state index contributed by atoms with van der Waals surface area (Å²) in [6, 6.07) is 6.73. The van der Waals surface area contributed by atoms with Gasteiger partial charge in [-0.3, -0.25) is 0 Å². The summed E-state index contributed by atoms with van der Waals surface area (Å²) < 4.78 is 5.17. The first-order chi connectivity index (χ1) is 8.65. The van der Waals surface area contributed by atoms with Gasteiger partial charge in [0.2, 0.25) is 5.89 Å². The van der Waals surface area contributed by atoms with Crippen LogP contribution in [0, 0.1) is 0 Å². The molecule has 1 aromatic carbocycles. The van der Waals surface area contributed by atoms with Crippen molar-refractivity contribution in [3.63, 3.8) is 0 Å². The summed E-state index contributed by atoms with van der Waals surface area (Å²) in [6.07, 6.45) is 0. The van der Waals surface area contributed by atoms with Crippen molar-refractivity contribution in [3.8, 4) is 10.8 Å². The van der Waals surface area contributed by atoms with Crippen molar-refractivity contribution >= 4 is 45.4 Å². The molecule has 0 bridgehead atoms. The van der Waals surface area contributed by atoms with Gasteiger partial charge in [0, 0.05) is 5.02 Å². The molecular weight excluding hydrogens is 293 g/mol. The maximum atomic E-state index is 11.9. The third kappa shape index (κ3) is 1.92. The summed E-state index contributed by atoms with van der Waals surface area (Å²) in [4.78, 5) is 16.9. The first kappa shape index (κ1) is 11.7. The van der Waals surface area contributed by atoms with Crippen LogP contribution in [0.25, 0.3) is 21.7 Å². The van der Waals surface area contributed by atoms with Crippen LogP contribution in [0.1, 0.15) is 0 Å². The Morgan fingerprint density at radius 3 is 2.83 bits per heavy atom. The Balaban J connectivity index is 2.38. The van der Waals surface area contributed by atoms with Crippen molar-refractivity contribution in [2.24, 2.45) is 0 Å². The normalized spacial score (nSPS) is 11.0. The molecule has 0 radical (unpaired) electrons. The van der Waals surface area contributed by atoms with E-state index in [9.17, 15) is 4.79 Å². The molecule has 18 heavy (non-hydrogen) atoms. The van der Waals surface area contributed by atoms with Crippen molar-refractivity contribution in [1.82, 2.24) is 4.98 Å². The van der Waals surface area contributed by atoms with Gasteiger partial charge in [-0.05, 0) is 23.6 Å². The highest BCUT2D eigenvalue weighted by atomic mass is 35.5. The zero-order valence-electron chi connectivity index (χ0n) is 8.81. The van der Waals surface area contributed by atoms with Crippen LogP contribution >= 0.6 is 34.5 Å². The second kappa shape index (κ2) is 4.39. The Hall–Kier alpha value is -1.36. The molecule has 0 saturated heterocycles. The van der Waals surface area contributed by atoms with E-state index in [4.69, 9.17) is 27.6 Å². The largest absolute Gasteiger partial charge is 0.402 e. The quantitative estimate of drug-likeness (QED) is 0.675. The van der Waals surface area contributed by atoms with Crippen molar-refractivity contribution in [3.05, 3.63) is 50.1 Å². The second-order valence-electron chi connectivity index (χ2n) is 3.57. The molecule has 2 aromatic heterocycles. The standard InChI is InChI=1S/C12H5Cl2NO2S/c13-6-4-7-10(8(14)5-6)15-11(17-12(7)16)9-2-1-3-18-9/h1-5H. The molecule has 0 amide bonds. The maximum Gasteiger partial charge on any atom is 0.347 e. The SMILES string of the molecule is O=c1oc(-c2cccs2)nc2c(Cl)cc(Cl)cc12. The van der Waals surface area contributed by atoms with Gasteiger partial charge in [-0.15, -0.1) is 11.3 Å². The fourth-order valence-corrected chi connectivity index (χ4v) is 2.79. The predicted octanol–water partition coefficient (Wildman–Crippen LogP) is 4.22. The topological polar surface area (TPSA) is 43.1 Å². The van der Waals surface area contributed by atoms with Gasteiger partial charge in [0.05, 0.1) is 15.3 Å². The molecule has 3 rings (SSSR count). The van der Waals surface area contributed by atoms with Crippen LogP contribution in [-0.4, -0.2) is 4.98 Å². The van der Waals surface area contributed by atoms with E-state index in [1.165, 1.54) is 17.4 Å². The molecule has 0 N–H and O–H groups in total. The zero-order chi connectivity index (χ0) is 12.7. The van der Waals surface area contributed by atoms with Crippen LogP contribution in [-0.2, 0) is 0 Å². The lowest BCUT2D eigenvalue weighted by molar-refractivity contribution is 0.520. The van der Waals surface area contributed by atoms with Crippen LogP contribution in [0.4, 0.5) is 0 Å². The van der Waals surface area contributed by atoms with E-state index in [0.717, 1.165) is 4.88 Å². The molecule has 0 aliphatic rings. The number of benzene rings is 1. The lowest BCUT2D eigenvalue weighted by Crippen LogP contribution is -2.02. The number of hydrogen-bond acceptors (Lipinski definition) is 4. The molecular formula is C12H5Cl2NO2S. The molecule has 3 aromatic rings. The van der Waals surface area contributed by atoms with Gasteiger partial charge in [-0.2, -0.15) is 0 Å². The van der Waals surface area contributed by atoms with Gasteiger partial charge in [0.1, 0.15) is 5.52 Å². The van der Waals surface area contributed by atoms with Crippen molar-refractivity contribution in [2.45, 2.75) is 0 Å². The summed E-state index contributed by atoms with van der Waals surface area (Å²) in [5.41, 5.74) is -0.0893. The monoisotopic (exact) mass is 297 g/mol. The summed E-state index contributed by atoms with van der Waals surface area (Å²) in [7, 11) is 0. The molecule has 0 atom stereocenters. The Kier molecular flexibility index (Phi) is 2.86. The summed E-state index contributed by atoms with van der Waals surface area (Å²) in [6.45, 7) is 0. The Labute approximate surface area is 116 Å². The van der Waals surface area contributed by atoms with Crippen molar-refractivity contribution in [2.75, 3.05) is 0 Å². The highest BCUT2D eigenvalue weighted by Gasteiger charge is 2.12. The summed E-state index contributed by atoms with van der Waals surface area (Å²) in [5.74, 6) is 0.270. The molecule has 2 heterocycles. The Morgan fingerprint density at radius 2 is 2.11 bits per heavy atom. The maximum absolute atomic E-state index is 11.9. The van der Waals surface area contributed by atoms with Crippen LogP contribution in [0.5, 0.6) is 0 Å². The van der Waals surface area contributed by atoms with E-state index >= 15 is 0 Å². The van der Waals surface area contributed by atoms with Crippen molar-refractivity contribution in [1.29, 1.82) is 0 Å². The van der Waals surface area contributed by atoms with Gasteiger partial charge in [-0.25, -0.2) is 9.78 Å². The van der Waals surface area contributed by atoms with E-state index in [1.54, 1.807) is 6.07 Å². The van der Waals surface area contributed by atoms with E-state index in [0.29, 0.717) is 15.6 Å². The number of thiophene rings is 1. The number of halogens is 2. The molecule has 0 saturated carbocycles. The van der Waals surface area contributed by atoms with E-state index in [2.05, 4.69) is 4.98 Å². The molecule has 0 aliphatic heterocycles. The number of hydrogen-bond donors (Lipinski definition) is 0. The average molecular weight is 298 g/mol. The first-order valence-corrected chi connectivity index (χ1v) is 6.62. The fourth-order valence-electron chi connectivity index (χ4n) is 1.61. The summed E-state index contributed by atoms with van der Waals surface area (Å²) >= 11 is 13.3. The van der Waals surface area contributed by atoms with E-state index < -0.39 is 5.63 Å². The lowest BCUT2D eigenvalue weighted by atomic mass is 10.2. The van der Waals surface area contributed by atoms with E-state index in [1.807, 2.05) is 17.5 Å². The number of nitrogens with zero attached hydrogens (tertiary/aromatic N) is 1. The van der Waals surface area contributed by atoms with Gasteiger partial charge >= 0.3 is 5.63 Å². The zero-order valence-corrected chi connectivity index (χ0v) is 11.1. The highest BCUT2D eigenvalue weighted by Crippen LogP contribution is 2.28. The molecule has 90 valence electrons. The molecule has 6 heteroatoms. The molecule has 0 aliphatic carbocycles. The van der Waals surface area contributed by atoms with Crippen molar-refractivity contribution < 1.29 is 4.42 Å². The summed E-state index contributed by atoms with van der Waals surface area (Å²) in [5, 5.41) is 2.88. The van der Waals surface area contributed by atoms with Gasteiger partial charge in [-0.1, -0.05) is 29.3 Å². The third-order valence-corrected chi connectivity index (χ3v) is 3.75. The average Bonchev–Trinajstić information content (AvgIpc) is 2.83. The second-order valence-corrected chi connectivity index (χ2v) is 5.36. The Bertz CT molecular complexity index is 781.